The highest BCUT2D eigenvalue weighted by molar-refractivity contribution is 5.63. The van der Waals surface area contributed by atoms with Crippen LogP contribution in [0.4, 0.5) is 0 Å². The van der Waals surface area contributed by atoms with Crippen LogP contribution in [0.15, 0.2) is 59.1 Å². The number of nitrogens with zero attached hydrogens (tertiary/aromatic N) is 2. The molecular weight excluding hydrogens is 338 g/mol. The molecule has 1 saturated heterocycles. The van der Waals surface area contributed by atoms with Gasteiger partial charge in [0.15, 0.2) is 0 Å². The predicted molar refractivity (Wildman–Crippen MR) is 102 cm³/mol. The van der Waals surface area contributed by atoms with E-state index >= 15 is 0 Å². The standard InChI is InChI=1S/C22H23N3O2/c1-2-7-16(8-3-1)14-26-19-11-5-4-10-18(19)20-24-21(27-25-20)22-12-6-9-17(22)13-23-15-22/h1-5,7-8,10-11,17,23H,6,9,12-15H2/t17-,22-/m1/s1. The van der Waals surface area contributed by atoms with Crippen molar-refractivity contribution in [3.63, 3.8) is 0 Å². The van der Waals surface area contributed by atoms with E-state index in [0.29, 0.717) is 18.3 Å². The van der Waals surface area contributed by atoms with Gasteiger partial charge >= 0.3 is 0 Å². The molecule has 0 radical (unpaired) electrons. The third kappa shape index (κ3) is 2.92. The number of hydrogen-bond donors (Lipinski definition) is 1. The highest BCUT2D eigenvalue weighted by Gasteiger charge is 2.51. The summed E-state index contributed by atoms with van der Waals surface area (Å²) in [4.78, 5) is 4.81. The molecule has 138 valence electrons. The molecule has 1 saturated carbocycles. The maximum absolute atomic E-state index is 6.06. The van der Waals surface area contributed by atoms with E-state index in [1.54, 1.807) is 0 Å². The Hall–Kier alpha value is -2.66. The Bertz CT molecular complexity index is 912. The van der Waals surface area contributed by atoms with Crippen LogP contribution in [0.2, 0.25) is 0 Å². The number of nitrogens with one attached hydrogen (secondary N) is 1. The van der Waals surface area contributed by atoms with Crippen molar-refractivity contribution in [1.29, 1.82) is 0 Å². The van der Waals surface area contributed by atoms with E-state index in [0.717, 1.165) is 42.3 Å². The van der Waals surface area contributed by atoms with Gasteiger partial charge in [-0.25, -0.2) is 0 Å². The molecule has 2 aliphatic rings. The van der Waals surface area contributed by atoms with Gasteiger partial charge in [-0.2, -0.15) is 4.98 Å². The Morgan fingerprint density at radius 1 is 1.11 bits per heavy atom. The lowest BCUT2D eigenvalue weighted by Gasteiger charge is -2.22. The molecule has 2 fully saturated rings. The molecule has 3 aromatic rings. The number of aromatic nitrogens is 2. The summed E-state index contributed by atoms with van der Waals surface area (Å²) in [6.45, 7) is 2.50. The lowest BCUT2D eigenvalue weighted by Crippen LogP contribution is -2.31. The minimum Gasteiger partial charge on any atom is -0.488 e. The number of benzene rings is 2. The lowest BCUT2D eigenvalue weighted by molar-refractivity contribution is 0.265. The van der Waals surface area contributed by atoms with Crippen LogP contribution in [0.25, 0.3) is 11.4 Å². The first-order chi connectivity index (χ1) is 13.4. The fourth-order valence-corrected chi connectivity index (χ4v) is 4.55. The third-order valence-electron chi connectivity index (χ3n) is 6.01. The Labute approximate surface area is 158 Å². The van der Waals surface area contributed by atoms with E-state index < -0.39 is 0 Å². The monoisotopic (exact) mass is 361 g/mol. The smallest absolute Gasteiger partial charge is 0.234 e. The summed E-state index contributed by atoms with van der Waals surface area (Å²) in [5.41, 5.74) is 2.02. The summed E-state index contributed by atoms with van der Waals surface area (Å²) in [6, 6.07) is 18.1. The molecule has 1 aromatic heterocycles. The van der Waals surface area contributed by atoms with Crippen molar-refractivity contribution >= 4 is 0 Å². The second-order valence-electron chi connectivity index (χ2n) is 7.57. The minimum absolute atomic E-state index is 0.0189. The summed E-state index contributed by atoms with van der Waals surface area (Å²) < 4.78 is 11.8. The molecule has 0 bridgehead atoms. The van der Waals surface area contributed by atoms with E-state index in [2.05, 4.69) is 22.6 Å². The van der Waals surface area contributed by atoms with Gasteiger partial charge in [-0.1, -0.05) is 54.0 Å². The number of rotatable bonds is 5. The molecule has 2 aromatic carbocycles. The average Bonchev–Trinajstić information content (AvgIpc) is 3.42. The van der Waals surface area contributed by atoms with Gasteiger partial charge in [0.25, 0.3) is 0 Å². The van der Waals surface area contributed by atoms with Gasteiger partial charge in [0.05, 0.1) is 11.0 Å². The number of fused-ring (bicyclic) bond motifs is 1. The molecule has 0 amide bonds. The average molecular weight is 361 g/mol. The van der Waals surface area contributed by atoms with Crippen molar-refractivity contribution in [2.45, 2.75) is 31.3 Å². The first kappa shape index (κ1) is 16.5. The summed E-state index contributed by atoms with van der Waals surface area (Å²) in [5.74, 6) is 2.78. The SMILES string of the molecule is c1ccc(COc2ccccc2-c2noc([C@@]34CCC[C@@H]3CNC4)n2)cc1. The van der Waals surface area contributed by atoms with Crippen LogP contribution in [-0.4, -0.2) is 23.2 Å². The molecule has 5 heteroatoms. The Morgan fingerprint density at radius 3 is 2.89 bits per heavy atom. The van der Waals surface area contributed by atoms with Crippen LogP contribution in [-0.2, 0) is 12.0 Å². The van der Waals surface area contributed by atoms with E-state index in [1.807, 2.05) is 42.5 Å². The minimum atomic E-state index is 0.0189. The summed E-state index contributed by atoms with van der Waals surface area (Å²) in [5, 5.41) is 7.82. The fourth-order valence-electron chi connectivity index (χ4n) is 4.55. The first-order valence-electron chi connectivity index (χ1n) is 9.66. The number of ether oxygens (including phenoxy) is 1. The van der Waals surface area contributed by atoms with Crippen LogP contribution in [0, 0.1) is 5.92 Å². The Kier molecular flexibility index (Phi) is 4.17. The van der Waals surface area contributed by atoms with Gasteiger partial charge in [-0.15, -0.1) is 0 Å². The summed E-state index contributed by atoms with van der Waals surface area (Å²) in [7, 11) is 0. The van der Waals surface area contributed by atoms with Crippen LogP contribution in [0.5, 0.6) is 5.75 Å². The van der Waals surface area contributed by atoms with E-state index in [1.165, 1.54) is 12.8 Å². The topological polar surface area (TPSA) is 60.2 Å². The van der Waals surface area contributed by atoms with Crippen molar-refractivity contribution in [2.24, 2.45) is 5.92 Å². The predicted octanol–water partition coefficient (Wildman–Crippen LogP) is 3.96. The second kappa shape index (κ2) is 6.82. The zero-order chi connectivity index (χ0) is 18.1. The van der Waals surface area contributed by atoms with Crippen LogP contribution < -0.4 is 10.1 Å². The molecule has 0 spiro atoms. The van der Waals surface area contributed by atoms with Gasteiger partial charge < -0.3 is 14.6 Å². The normalized spacial score (nSPS) is 24.1. The third-order valence-corrected chi connectivity index (χ3v) is 6.01. The highest BCUT2D eigenvalue weighted by atomic mass is 16.5. The highest BCUT2D eigenvalue weighted by Crippen LogP contribution is 2.47. The number of hydrogen-bond acceptors (Lipinski definition) is 5. The lowest BCUT2D eigenvalue weighted by atomic mass is 9.80. The zero-order valence-electron chi connectivity index (χ0n) is 15.2. The van der Waals surface area contributed by atoms with Crippen LogP contribution in [0.3, 0.4) is 0 Å². The quantitative estimate of drug-likeness (QED) is 0.745. The molecular formula is C22H23N3O2. The number of para-hydroxylation sites is 1. The van der Waals surface area contributed by atoms with Crippen molar-refractivity contribution in [2.75, 3.05) is 13.1 Å². The first-order valence-corrected chi connectivity index (χ1v) is 9.66. The van der Waals surface area contributed by atoms with Gasteiger partial charge in [0, 0.05) is 6.54 Å². The van der Waals surface area contributed by atoms with Crippen molar-refractivity contribution in [3.05, 3.63) is 66.1 Å². The maximum atomic E-state index is 6.06. The molecule has 5 rings (SSSR count). The van der Waals surface area contributed by atoms with Gasteiger partial charge in [0.1, 0.15) is 12.4 Å². The van der Waals surface area contributed by atoms with Gasteiger partial charge in [-0.3, -0.25) is 0 Å². The Morgan fingerprint density at radius 2 is 1.96 bits per heavy atom. The molecule has 2 atom stereocenters. The van der Waals surface area contributed by atoms with Crippen molar-refractivity contribution in [1.82, 2.24) is 15.5 Å². The fraction of sp³-hybridized carbons (Fsp3) is 0.364. The van der Waals surface area contributed by atoms with Crippen molar-refractivity contribution in [3.8, 4) is 17.1 Å². The zero-order valence-corrected chi connectivity index (χ0v) is 15.2. The van der Waals surface area contributed by atoms with Crippen molar-refractivity contribution < 1.29 is 9.26 Å². The van der Waals surface area contributed by atoms with E-state index in [-0.39, 0.29) is 5.41 Å². The summed E-state index contributed by atoms with van der Waals surface area (Å²) in [6.07, 6.45) is 3.60. The van der Waals surface area contributed by atoms with Crippen LogP contribution >= 0.6 is 0 Å². The van der Waals surface area contributed by atoms with Crippen LogP contribution in [0.1, 0.15) is 30.7 Å². The molecule has 2 heterocycles. The summed E-state index contributed by atoms with van der Waals surface area (Å²) >= 11 is 0. The second-order valence-corrected chi connectivity index (χ2v) is 7.57. The largest absolute Gasteiger partial charge is 0.488 e. The maximum Gasteiger partial charge on any atom is 0.234 e. The molecule has 1 aliphatic carbocycles. The molecule has 1 N–H and O–H groups in total. The molecule has 1 aliphatic heterocycles. The molecule has 27 heavy (non-hydrogen) atoms. The van der Waals surface area contributed by atoms with Gasteiger partial charge in [0.2, 0.25) is 11.7 Å². The van der Waals surface area contributed by atoms with E-state index in [9.17, 15) is 0 Å². The molecule has 5 nitrogen and oxygen atoms in total. The molecule has 0 unspecified atom stereocenters. The Balaban J connectivity index is 1.42. The van der Waals surface area contributed by atoms with Gasteiger partial charge in [-0.05, 0) is 43.0 Å². The van der Waals surface area contributed by atoms with E-state index in [4.69, 9.17) is 14.2 Å².